The van der Waals surface area contributed by atoms with Crippen LogP contribution in [0.5, 0.6) is 0 Å². The van der Waals surface area contributed by atoms with Crippen molar-refractivity contribution in [3.8, 4) is 0 Å². The monoisotopic (exact) mass is 311 g/mol. The molecule has 0 aliphatic rings. The van der Waals surface area contributed by atoms with Crippen LogP contribution in [-0.4, -0.2) is 35.9 Å². The van der Waals surface area contributed by atoms with Crippen LogP contribution in [0.2, 0.25) is 0 Å². The Balaban J connectivity index is 1.85. The Morgan fingerprint density at radius 3 is 2.57 bits per heavy atom. The van der Waals surface area contributed by atoms with Gasteiger partial charge in [-0.3, -0.25) is 14.7 Å². The van der Waals surface area contributed by atoms with Gasteiger partial charge < -0.3 is 5.32 Å². The highest BCUT2D eigenvalue weighted by molar-refractivity contribution is 5.93. The molecule has 0 saturated heterocycles. The molecule has 0 fully saturated rings. The summed E-state index contributed by atoms with van der Waals surface area (Å²) in [6, 6.07) is 12.0. The Morgan fingerprint density at radius 1 is 1.17 bits per heavy atom. The molecule has 2 rings (SSSR count). The first-order valence-electron chi connectivity index (χ1n) is 8.02. The van der Waals surface area contributed by atoms with Crippen LogP contribution in [-0.2, 0) is 11.2 Å². The van der Waals surface area contributed by atoms with Crippen molar-refractivity contribution in [3.63, 3.8) is 0 Å². The molecule has 0 aliphatic carbocycles. The molecule has 4 nitrogen and oxygen atoms in total. The number of benzene rings is 1. The summed E-state index contributed by atoms with van der Waals surface area (Å²) in [4.78, 5) is 18.3. The van der Waals surface area contributed by atoms with E-state index in [1.807, 2.05) is 42.3 Å². The Bertz CT molecular complexity index is 626. The third-order valence-corrected chi connectivity index (χ3v) is 3.80. The first kappa shape index (κ1) is 17.2. The van der Waals surface area contributed by atoms with Gasteiger partial charge in [0.1, 0.15) is 0 Å². The van der Waals surface area contributed by atoms with Gasteiger partial charge in [-0.05, 0) is 48.7 Å². The molecule has 122 valence electrons. The summed E-state index contributed by atoms with van der Waals surface area (Å²) in [5.74, 6) is 0.409. The molecular weight excluding hydrogens is 286 g/mol. The number of para-hydroxylation sites is 1. The summed E-state index contributed by atoms with van der Waals surface area (Å²) in [5.41, 5.74) is 3.31. The van der Waals surface area contributed by atoms with Crippen LogP contribution in [0.3, 0.4) is 0 Å². The van der Waals surface area contributed by atoms with E-state index in [0.29, 0.717) is 12.5 Å². The number of aromatic nitrogens is 1. The summed E-state index contributed by atoms with van der Waals surface area (Å²) in [6.07, 6.45) is 4.50. The minimum absolute atomic E-state index is 0.0235. The summed E-state index contributed by atoms with van der Waals surface area (Å²) >= 11 is 0. The van der Waals surface area contributed by atoms with Gasteiger partial charge >= 0.3 is 0 Å². The first-order chi connectivity index (χ1) is 11.1. The van der Waals surface area contributed by atoms with E-state index in [1.165, 1.54) is 11.1 Å². The van der Waals surface area contributed by atoms with Gasteiger partial charge in [0.05, 0.1) is 6.54 Å². The zero-order chi connectivity index (χ0) is 16.7. The highest BCUT2D eigenvalue weighted by atomic mass is 16.2. The van der Waals surface area contributed by atoms with E-state index in [-0.39, 0.29) is 5.91 Å². The summed E-state index contributed by atoms with van der Waals surface area (Å²) in [5, 5.41) is 3.03. The second-order valence-electron chi connectivity index (χ2n) is 6.13. The molecule has 23 heavy (non-hydrogen) atoms. The lowest BCUT2D eigenvalue weighted by Gasteiger charge is -2.18. The first-order valence-corrected chi connectivity index (χ1v) is 8.02. The highest BCUT2D eigenvalue weighted by Gasteiger charge is 2.11. The third kappa shape index (κ3) is 5.49. The number of anilines is 1. The van der Waals surface area contributed by atoms with E-state index in [2.05, 4.69) is 30.2 Å². The largest absolute Gasteiger partial charge is 0.325 e. The number of likely N-dealkylation sites (N-methyl/N-ethyl adjacent to an activating group) is 1. The number of carbonyl (C=O) groups is 1. The number of hydrogen-bond donors (Lipinski definition) is 1. The molecule has 0 saturated carbocycles. The molecule has 0 spiro atoms. The molecule has 0 atom stereocenters. The van der Waals surface area contributed by atoms with Crippen LogP contribution < -0.4 is 5.32 Å². The molecule has 1 N–H and O–H groups in total. The lowest BCUT2D eigenvalue weighted by atomic mass is 10.0. The minimum Gasteiger partial charge on any atom is -0.325 e. The predicted octanol–water partition coefficient (Wildman–Crippen LogP) is 3.32. The number of hydrogen-bond acceptors (Lipinski definition) is 3. The fourth-order valence-electron chi connectivity index (χ4n) is 2.50. The number of rotatable bonds is 7. The predicted molar refractivity (Wildman–Crippen MR) is 94.6 cm³/mol. The Morgan fingerprint density at radius 2 is 1.87 bits per heavy atom. The van der Waals surface area contributed by atoms with Crippen LogP contribution in [0.15, 0.2) is 48.8 Å². The van der Waals surface area contributed by atoms with E-state index in [1.54, 1.807) is 12.4 Å². The number of pyridine rings is 1. The smallest absolute Gasteiger partial charge is 0.238 e. The van der Waals surface area contributed by atoms with E-state index in [9.17, 15) is 4.79 Å². The van der Waals surface area contributed by atoms with E-state index < -0.39 is 0 Å². The maximum atomic E-state index is 12.2. The number of nitrogens with one attached hydrogen (secondary N) is 1. The summed E-state index contributed by atoms with van der Waals surface area (Å²) in [7, 11) is 1.97. The van der Waals surface area contributed by atoms with Gasteiger partial charge in [-0.15, -0.1) is 0 Å². The van der Waals surface area contributed by atoms with Crippen molar-refractivity contribution in [2.24, 2.45) is 0 Å². The van der Waals surface area contributed by atoms with Gasteiger partial charge in [0.15, 0.2) is 0 Å². The van der Waals surface area contributed by atoms with Gasteiger partial charge in [-0.25, -0.2) is 0 Å². The normalized spacial score (nSPS) is 11.0. The van der Waals surface area contributed by atoms with E-state index >= 15 is 0 Å². The van der Waals surface area contributed by atoms with Crippen LogP contribution in [0.4, 0.5) is 5.69 Å². The van der Waals surface area contributed by atoms with Crippen LogP contribution in [0.25, 0.3) is 0 Å². The Hall–Kier alpha value is -2.20. The van der Waals surface area contributed by atoms with Crippen molar-refractivity contribution in [2.45, 2.75) is 26.2 Å². The van der Waals surface area contributed by atoms with Gasteiger partial charge in [0, 0.05) is 24.6 Å². The van der Waals surface area contributed by atoms with Crippen LogP contribution >= 0.6 is 0 Å². The molecule has 2 aromatic rings. The molecule has 1 aromatic carbocycles. The standard InChI is InChI=1S/C19H25N3O/c1-15(2)17-6-4-5-7-18(17)21-19(23)14-22(3)13-10-16-8-11-20-12-9-16/h4-9,11-12,15H,10,13-14H2,1-3H3,(H,21,23). The van der Waals surface area contributed by atoms with Crippen LogP contribution in [0.1, 0.15) is 30.9 Å². The second-order valence-corrected chi connectivity index (χ2v) is 6.13. The van der Waals surface area contributed by atoms with Crippen molar-refractivity contribution < 1.29 is 4.79 Å². The fraction of sp³-hybridized carbons (Fsp3) is 0.368. The Labute approximate surface area is 138 Å². The molecular formula is C19H25N3O. The van der Waals surface area contributed by atoms with Gasteiger partial charge in [0.25, 0.3) is 0 Å². The average Bonchev–Trinajstić information content (AvgIpc) is 2.54. The molecule has 1 aromatic heterocycles. The van der Waals surface area contributed by atoms with Crippen molar-refractivity contribution in [2.75, 3.05) is 25.5 Å². The summed E-state index contributed by atoms with van der Waals surface area (Å²) < 4.78 is 0. The number of carbonyl (C=O) groups excluding carboxylic acids is 1. The van der Waals surface area contributed by atoms with Crippen molar-refractivity contribution in [1.82, 2.24) is 9.88 Å². The molecule has 1 heterocycles. The lowest BCUT2D eigenvalue weighted by molar-refractivity contribution is -0.117. The fourth-order valence-corrected chi connectivity index (χ4v) is 2.50. The third-order valence-electron chi connectivity index (χ3n) is 3.80. The second kappa shape index (κ2) is 8.44. The zero-order valence-corrected chi connectivity index (χ0v) is 14.1. The maximum absolute atomic E-state index is 12.2. The van der Waals surface area contributed by atoms with Crippen molar-refractivity contribution in [3.05, 3.63) is 59.9 Å². The highest BCUT2D eigenvalue weighted by Crippen LogP contribution is 2.23. The van der Waals surface area contributed by atoms with Gasteiger partial charge in [0.2, 0.25) is 5.91 Å². The number of nitrogens with zero attached hydrogens (tertiary/aromatic N) is 2. The molecule has 0 radical (unpaired) electrons. The molecule has 0 bridgehead atoms. The van der Waals surface area contributed by atoms with Gasteiger partial charge in [-0.2, -0.15) is 0 Å². The van der Waals surface area contributed by atoms with Crippen molar-refractivity contribution in [1.29, 1.82) is 0 Å². The van der Waals surface area contributed by atoms with E-state index in [4.69, 9.17) is 0 Å². The van der Waals surface area contributed by atoms with Crippen molar-refractivity contribution >= 4 is 11.6 Å². The zero-order valence-electron chi connectivity index (χ0n) is 14.1. The SMILES string of the molecule is CC(C)c1ccccc1NC(=O)CN(C)CCc1ccncc1. The minimum atomic E-state index is 0.0235. The number of amides is 1. The Kier molecular flexibility index (Phi) is 6.29. The summed E-state index contributed by atoms with van der Waals surface area (Å²) in [6.45, 7) is 5.48. The maximum Gasteiger partial charge on any atom is 0.238 e. The van der Waals surface area contributed by atoms with E-state index in [0.717, 1.165) is 18.7 Å². The molecule has 0 aliphatic heterocycles. The van der Waals surface area contributed by atoms with Crippen LogP contribution in [0, 0.1) is 0 Å². The molecule has 1 amide bonds. The molecule has 4 heteroatoms. The lowest BCUT2D eigenvalue weighted by Crippen LogP contribution is -2.31. The van der Waals surface area contributed by atoms with Gasteiger partial charge in [-0.1, -0.05) is 32.0 Å². The average molecular weight is 311 g/mol. The molecule has 0 unspecified atom stereocenters. The quantitative estimate of drug-likeness (QED) is 0.853. The topological polar surface area (TPSA) is 45.2 Å².